The first-order chi connectivity index (χ1) is 13.5. The van der Waals surface area contributed by atoms with Crippen molar-refractivity contribution in [3.8, 4) is 11.5 Å². The minimum Gasteiger partial charge on any atom is -0.486 e. The van der Waals surface area contributed by atoms with Crippen molar-refractivity contribution in [3.63, 3.8) is 0 Å². The van der Waals surface area contributed by atoms with Gasteiger partial charge in [-0.2, -0.15) is 0 Å². The van der Waals surface area contributed by atoms with E-state index in [0.29, 0.717) is 36.3 Å². The van der Waals surface area contributed by atoms with Crippen molar-refractivity contribution >= 4 is 17.6 Å². The quantitative estimate of drug-likeness (QED) is 0.738. The number of amides is 1. The summed E-state index contributed by atoms with van der Waals surface area (Å²) in [6, 6.07) is 13.0. The number of nitrogens with one attached hydrogen (secondary N) is 1. The van der Waals surface area contributed by atoms with Crippen LogP contribution in [0.4, 0.5) is 5.69 Å². The fourth-order valence-corrected chi connectivity index (χ4v) is 2.89. The third-order valence-electron chi connectivity index (χ3n) is 4.70. The minimum absolute atomic E-state index is 0.0630. The molecule has 0 saturated heterocycles. The Labute approximate surface area is 164 Å². The standard InChI is InChI=1S/C22H25NO5/c1-3-15(2)17-5-7-18(8-6-17)23-21(24)14-28-22(25)13-16-4-9-19-20(12-16)27-11-10-26-19/h4-9,12,15H,3,10-11,13-14H2,1-2H3,(H,23,24)/t15-/m1/s1. The van der Waals surface area contributed by atoms with Crippen LogP contribution in [0.25, 0.3) is 0 Å². The van der Waals surface area contributed by atoms with Crippen molar-refractivity contribution < 1.29 is 23.8 Å². The maximum absolute atomic E-state index is 12.0. The third-order valence-corrected chi connectivity index (χ3v) is 4.70. The molecule has 0 bridgehead atoms. The van der Waals surface area contributed by atoms with Crippen LogP contribution in [-0.2, 0) is 20.7 Å². The molecule has 3 rings (SSSR count). The van der Waals surface area contributed by atoms with Crippen molar-refractivity contribution in [2.75, 3.05) is 25.1 Å². The number of hydrogen-bond acceptors (Lipinski definition) is 5. The molecule has 6 nitrogen and oxygen atoms in total. The number of carbonyl (C=O) groups excluding carboxylic acids is 2. The summed E-state index contributed by atoms with van der Waals surface area (Å²) in [5.41, 5.74) is 2.65. The van der Waals surface area contributed by atoms with E-state index < -0.39 is 5.97 Å². The predicted octanol–water partition coefficient (Wildman–Crippen LogP) is 3.70. The second-order valence-corrected chi connectivity index (χ2v) is 6.79. The van der Waals surface area contributed by atoms with Gasteiger partial charge in [0.2, 0.25) is 0 Å². The van der Waals surface area contributed by atoms with E-state index in [0.717, 1.165) is 12.0 Å². The first kappa shape index (κ1) is 19.7. The molecular formula is C22H25NO5. The molecule has 1 amide bonds. The Bertz CT molecular complexity index is 831. The normalized spacial score (nSPS) is 13.5. The van der Waals surface area contributed by atoms with Crippen molar-refractivity contribution in [2.24, 2.45) is 0 Å². The molecule has 28 heavy (non-hydrogen) atoms. The molecule has 0 fully saturated rings. The number of anilines is 1. The molecule has 1 N–H and O–H groups in total. The van der Waals surface area contributed by atoms with E-state index in [2.05, 4.69) is 19.2 Å². The Hall–Kier alpha value is -3.02. The molecule has 0 radical (unpaired) electrons. The van der Waals surface area contributed by atoms with Crippen LogP contribution in [-0.4, -0.2) is 31.7 Å². The molecule has 1 aliphatic rings. The van der Waals surface area contributed by atoms with Gasteiger partial charge in [-0.05, 0) is 47.7 Å². The van der Waals surface area contributed by atoms with Gasteiger partial charge in [0, 0.05) is 5.69 Å². The van der Waals surface area contributed by atoms with Crippen LogP contribution < -0.4 is 14.8 Å². The predicted molar refractivity (Wildman–Crippen MR) is 106 cm³/mol. The minimum atomic E-state index is -0.473. The molecule has 0 aliphatic carbocycles. The maximum Gasteiger partial charge on any atom is 0.310 e. The van der Waals surface area contributed by atoms with Crippen molar-refractivity contribution in [2.45, 2.75) is 32.6 Å². The van der Waals surface area contributed by atoms with Gasteiger partial charge >= 0.3 is 5.97 Å². The molecular weight excluding hydrogens is 358 g/mol. The zero-order valence-electron chi connectivity index (χ0n) is 16.2. The molecule has 6 heteroatoms. The molecule has 2 aromatic rings. The molecule has 0 saturated carbocycles. The fraction of sp³-hybridized carbons (Fsp3) is 0.364. The molecule has 1 heterocycles. The molecule has 148 valence electrons. The summed E-state index contributed by atoms with van der Waals surface area (Å²) in [7, 11) is 0. The lowest BCUT2D eigenvalue weighted by Crippen LogP contribution is -2.21. The Morgan fingerprint density at radius 2 is 1.79 bits per heavy atom. The van der Waals surface area contributed by atoms with Crippen LogP contribution in [0.15, 0.2) is 42.5 Å². The van der Waals surface area contributed by atoms with E-state index >= 15 is 0 Å². The van der Waals surface area contributed by atoms with Gasteiger partial charge in [-0.1, -0.05) is 32.0 Å². The van der Waals surface area contributed by atoms with Gasteiger partial charge in [-0.15, -0.1) is 0 Å². The molecule has 0 spiro atoms. The third kappa shape index (κ3) is 5.25. The molecule has 2 aromatic carbocycles. The molecule has 1 aliphatic heterocycles. The highest BCUT2D eigenvalue weighted by atomic mass is 16.6. The van der Waals surface area contributed by atoms with Gasteiger partial charge in [0.15, 0.2) is 18.1 Å². The lowest BCUT2D eigenvalue weighted by Gasteiger charge is -2.18. The highest BCUT2D eigenvalue weighted by Gasteiger charge is 2.14. The lowest BCUT2D eigenvalue weighted by molar-refractivity contribution is -0.146. The topological polar surface area (TPSA) is 73.9 Å². The average molecular weight is 383 g/mol. The van der Waals surface area contributed by atoms with E-state index in [9.17, 15) is 9.59 Å². The van der Waals surface area contributed by atoms with E-state index in [4.69, 9.17) is 14.2 Å². The van der Waals surface area contributed by atoms with Gasteiger partial charge in [0.05, 0.1) is 6.42 Å². The zero-order valence-corrected chi connectivity index (χ0v) is 16.2. The first-order valence-electron chi connectivity index (χ1n) is 9.49. The summed E-state index contributed by atoms with van der Waals surface area (Å²) in [4.78, 5) is 24.0. The van der Waals surface area contributed by atoms with E-state index in [1.165, 1.54) is 5.56 Å². The first-order valence-corrected chi connectivity index (χ1v) is 9.49. The second-order valence-electron chi connectivity index (χ2n) is 6.79. The highest BCUT2D eigenvalue weighted by Crippen LogP contribution is 2.30. The summed E-state index contributed by atoms with van der Waals surface area (Å²) in [5, 5.41) is 2.73. The summed E-state index contributed by atoms with van der Waals surface area (Å²) in [6.07, 6.45) is 1.12. The van der Waals surface area contributed by atoms with E-state index in [-0.39, 0.29) is 18.9 Å². The number of carbonyl (C=O) groups is 2. The monoisotopic (exact) mass is 383 g/mol. The number of rotatable bonds is 7. The van der Waals surface area contributed by atoms with Gasteiger partial charge in [-0.25, -0.2) is 0 Å². The van der Waals surface area contributed by atoms with Crippen LogP contribution in [0.5, 0.6) is 11.5 Å². The van der Waals surface area contributed by atoms with Gasteiger partial charge in [0.25, 0.3) is 5.91 Å². The Morgan fingerprint density at radius 3 is 2.50 bits per heavy atom. The van der Waals surface area contributed by atoms with E-state index in [1.54, 1.807) is 18.2 Å². The Balaban J connectivity index is 1.46. The van der Waals surface area contributed by atoms with Gasteiger partial charge < -0.3 is 19.5 Å². The number of ether oxygens (including phenoxy) is 3. The smallest absolute Gasteiger partial charge is 0.310 e. The lowest BCUT2D eigenvalue weighted by atomic mass is 9.99. The summed E-state index contributed by atoms with van der Waals surface area (Å²) < 4.78 is 16.0. The maximum atomic E-state index is 12.0. The van der Waals surface area contributed by atoms with Crippen LogP contribution in [0.2, 0.25) is 0 Å². The number of esters is 1. The number of hydrogen-bond donors (Lipinski definition) is 1. The molecule has 0 unspecified atom stereocenters. The Kier molecular flexibility index (Phi) is 6.53. The SMILES string of the molecule is CC[C@@H](C)c1ccc(NC(=O)COC(=O)Cc2ccc3c(c2)OCCO3)cc1. The number of fused-ring (bicyclic) bond motifs is 1. The Morgan fingerprint density at radius 1 is 1.07 bits per heavy atom. The zero-order chi connectivity index (χ0) is 19.9. The van der Waals surface area contributed by atoms with Crippen LogP contribution in [0, 0.1) is 0 Å². The molecule has 1 atom stereocenters. The molecule has 0 aromatic heterocycles. The average Bonchev–Trinajstić information content (AvgIpc) is 2.72. The van der Waals surface area contributed by atoms with Crippen molar-refractivity contribution in [1.82, 2.24) is 0 Å². The van der Waals surface area contributed by atoms with Gasteiger partial charge in [0.1, 0.15) is 13.2 Å². The fourth-order valence-electron chi connectivity index (χ4n) is 2.89. The van der Waals surface area contributed by atoms with Crippen LogP contribution in [0.1, 0.15) is 37.3 Å². The number of benzene rings is 2. The van der Waals surface area contributed by atoms with Crippen molar-refractivity contribution in [3.05, 3.63) is 53.6 Å². The van der Waals surface area contributed by atoms with Crippen LogP contribution in [0.3, 0.4) is 0 Å². The summed E-state index contributed by atoms with van der Waals surface area (Å²) in [5.74, 6) is 0.925. The largest absolute Gasteiger partial charge is 0.486 e. The van der Waals surface area contributed by atoms with Gasteiger partial charge in [-0.3, -0.25) is 9.59 Å². The van der Waals surface area contributed by atoms with E-state index in [1.807, 2.05) is 24.3 Å². The van der Waals surface area contributed by atoms with Crippen LogP contribution >= 0.6 is 0 Å². The highest BCUT2D eigenvalue weighted by molar-refractivity contribution is 5.92. The summed E-state index contributed by atoms with van der Waals surface area (Å²) >= 11 is 0. The van der Waals surface area contributed by atoms with Crippen molar-refractivity contribution in [1.29, 1.82) is 0 Å². The second kappa shape index (κ2) is 9.26. The summed E-state index contributed by atoms with van der Waals surface area (Å²) in [6.45, 7) is 4.98.